The van der Waals surface area contributed by atoms with Crippen LogP contribution in [-0.4, -0.2) is 5.75 Å². The van der Waals surface area contributed by atoms with Gasteiger partial charge in [-0.05, 0) is 47.6 Å². The Hall–Kier alpha value is -1.36. The molecule has 2 nitrogen and oxygen atoms in total. The van der Waals surface area contributed by atoms with Gasteiger partial charge in [0.2, 0.25) is 0 Å². The number of nitrogens with two attached hydrogens (primary N) is 1. The van der Waals surface area contributed by atoms with E-state index in [0.29, 0.717) is 5.56 Å². The van der Waals surface area contributed by atoms with Gasteiger partial charge in [0, 0.05) is 4.90 Å². The molecule has 4 heteroatoms. The molecule has 0 spiro atoms. The Kier molecular flexibility index (Phi) is 5.17. The summed E-state index contributed by atoms with van der Waals surface area (Å²) >= 11 is 1.80. The highest BCUT2D eigenvalue weighted by Gasteiger charge is 2.13. The van der Waals surface area contributed by atoms with Gasteiger partial charge in [0.1, 0.15) is 5.82 Å². The minimum atomic E-state index is -0.195. The Balaban J connectivity index is 2.29. The van der Waals surface area contributed by atoms with Crippen LogP contribution in [0.25, 0.3) is 0 Å². The first kappa shape index (κ1) is 15.0. The second kappa shape index (κ2) is 6.88. The topological polar surface area (TPSA) is 38.0 Å². The molecule has 0 aromatic heterocycles. The molecule has 0 bridgehead atoms. The van der Waals surface area contributed by atoms with E-state index < -0.39 is 0 Å². The normalized spacial score (nSPS) is 12.4. The van der Waals surface area contributed by atoms with E-state index in [1.807, 2.05) is 6.07 Å². The summed E-state index contributed by atoms with van der Waals surface area (Å²) < 4.78 is 13.4. The molecule has 3 N–H and O–H groups in total. The van der Waals surface area contributed by atoms with Gasteiger partial charge in [-0.2, -0.15) is 0 Å². The fourth-order valence-electron chi connectivity index (χ4n) is 2.16. The van der Waals surface area contributed by atoms with Crippen LogP contribution in [-0.2, 0) is 0 Å². The lowest BCUT2D eigenvalue weighted by atomic mass is 9.98. The lowest BCUT2D eigenvalue weighted by Gasteiger charge is -2.18. The van der Waals surface area contributed by atoms with Gasteiger partial charge < -0.3 is 0 Å². The summed E-state index contributed by atoms with van der Waals surface area (Å²) in [6, 6.07) is 13.2. The third kappa shape index (κ3) is 3.39. The highest BCUT2D eigenvalue weighted by Crippen LogP contribution is 2.25. The first-order valence-corrected chi connectivity index (χ1v) is 7.59. The lowest BCUT2D eigenvalue weighted by Crippen LogP contribution is -2.28. The van der Waals surface area contributed by atoms with Gasteiger partial charge in [-0.15, -0.1) is 11.8 Å². The van der Waals surface area contributed by atoms with E-state index in [4.69, 9.17) is 5.84 Å². The number of halogens is 1. The zero-order chi connectivity index (χ0) is 14.5. The van der Waals surface area contributed by atoms with Crippen LogP contribution in [0.15, 0.2) is 47.4 Å². The van der Waals surface area contributed by atoms with Crippen molar-refractivity contribution in [3.8, 4) is 0 Å². The fourth-order valence-corrected chi connectivity index (χ4v) is 2.82. The second-order valence-electron chi connectivity index (χ2n) is 4.61. The first-order chi connectivity index (χ1) is 9.65. The van der Waals surface area contributed by atoms with Crippen molar-refractivity contribution in [2.24, 2.45) is 5.84 Å². The number of hydrogen-bond acceptors (Lipinski definition) is 3. The van der Waals surface area contributed by atoms with Gasteiger partial charge in [-0.25, -0.2) is 9.82 Å². The molecule has 1 atom stereocenters. The summed E-state index contributed by atoms with van der Waals surface area (Å²) in [5, 5.41) is 0. The molecule has 2 rings (SSSR count). The van der Waals surface area contributed by atoms with Crippen LogP contribution in [0.2, 0.25) is 0 Å². The fraction of sp³-hybridized carbons (Fsp3) is 0.250. The highest BCUT2D eigenvalue weighted by molar-refractivity contribution is 7.99. The third-order valence-electron chi connectivity index (χ3n) is 3.21. The summed E-state index contributed by atoms with van der Waals surface area (Å²) in [4.78, 5) is 1.24. The van der Waals surface area contributed by atoms with Crippen LogP contribution in [0.3, 0.4) is 0 Å². The number of rotatable bonds is 5. The van der Waals surface area contributed by atoms with Gasteiger partial charge in [-0.1, -0.05) is 31.2 Å². The number of hydrogen-bond donors (Lipinski definition) is 2. The van der Waals surface area contributed by atoms with Crippen molar-refractivity contribution in [3.05, 3.63) is 65.0 Å². The van der Waals surface area contributed by atoms with Gasteiger partial charge in [0.15, 0.2) is 0 Å². The van der Waals surface area contributed by atoms with Crippen molar-refractivity contribution >= 4 is 11.8 Å². The van der Waals surface area contributed by atoms with E-state index in [1.165, 1.54) is 11.0 Å². The molecule has 1 unspecified atom stereocenters. The zero-order valence-electron chi connectivity index (χ0n) is 11.7. The molecule has 0 aliphatic carbocycles. The second-order valence-corrected chi connectivity index (χ2v) is 5.95. The van der Waals surface area contributed by atoms with Crippen LogP contribution in [0.1, 0.15) is 29.7 Å². The molecule has 0 aliphatic rings. The van der Waals surface area contributed by atoms with E-state index in [9.17, 15) is 4.39 Å². The minimum Gasteiger partial charge on any atom is -0.271 e. The molecule has 2 aromatic carbocycles. The molecule has 0 radical (unpaired) electrons. The number of aryl methyl sites for hydroxylation is 1. The molecular formula is C16H19FN2S. The molecule has 0 aliphatic heterocycles. The molecule has 0 saturated carbocycles. The smallest absolute Gasteiger partial charge is 0.126 e. The van der Waals surface area contributed by atoms with Gasteiger partial charge in [-0.3, -0.25) is 5.84 Å². The number of nitrogens with one attached hydrogen (secondary N) is 1. The van der Waals surface area contributed by atoms with E-state index in [0.717, 1.165) is 16.9 Å². The lowest BCUT2D eigenvalue weighted by molar-refractivity contribution is 0.607. The van der Waals surface area contributed by atoms with Crippen molar-refractivity contribution in [1.29, 1.82) is 0 Å². The summed E-state index contributed by atoms with van der Waals surface area (Å²) in [5.41, 5.74) is 5.46. The highest BCUT2D eigenvalue weighted by atomic mass is 32.2. The maximum absolute atomic E-state index is 13.4. The Morgan fingerprint density at radius 1 is 1.15 bits per heavy atom. The maximum atomic E-state index is 13.4. The number of benzene rings is 2. The monoisotopic (exact) mass is 290 g/mol. The maximum Gasteiger partial charge on any atom is 0.126 e. The van der Waals surface area contributed by atoms with Crippen molar-refractivity contribution in [3.63, 3.8) is 0 Å². The molecule has 0 saturated heterocycles. The predicted molar refractivity (Wildman–Crippen MR) is 83.1 cm³/mol. The summed E-state index contributed by atoms with van der Waals surface area (Å²) in [7, 11) is 0. The van der Waals surface area contributed by atoms with Crippen LogP contribution < -0.4 is 11.3 Å². The number of hydrazine groups is 1. The summed E-state index contributed by atoms with van der Waals surface area (Å²) in [6.45, 7) is 3.89. The average molecular weight is 290 g/mol. The van der Waals surface area contributed by atoms with Crippen molar-refractivity contribution < 1.29 is 4.39 Å². The molecule has 0 fully saturated rings. The van der Waals surface area contributed by atoms with Gasteiger partial charge in [0.25, 0.3) is 0 Å². The molecule has 2 aromatic rings. The van der Waals surface area contributed by atoms with Crippen LogP contribution >= 0.6 is 11.8 Å². The SMILES string of the molecule is CCSc1ccc(C(NN)c2ccc(F)c(C)c2)cc1. The zero-order valence-corrected chi connectivity index (χ0v) is 12.5. The van der Waals surface area contributed by atoms with Gasteiger partial charge >= 0.3 is 0 Å². The van der Waals surface area contributed by atoms with Crippen molar-refractivity contribution in [1.82, 2.24) is 5.43 Å². The average Bonchev–Trinajstić information content (AvgIpc) is 2.46. The predicted octanol–water partition coefficient (Wildman–Crippen LogP) is 3.80. The number of thioether (sulfide) groups is 1. The van der Waals surface area contributed by atoms with Crippen LogP contribution in [0.4, 0.5) is 4.39 Å². The standard InChI is InChI=1S/C16H19FN2S/c1-3-20-14-7-4-12(5-8-14)16(19-18)13-6-9-15(17)11(2)10-13/h4-10,16,19H,3,18H2,1-2H3. The van der Waals surface area contributed by atoms with Crippen LogP contribution in [0, 0.1) is 12.7 Å². The van der Waals surface area contributed by atoms with E-state index >= 15 is 0 Å². The largest absolute Gasteiger partial charge is 0.271 e. The van der Waals surface area contributed by atoms with E-state index in [1.54, 1.807) is 24.8 Å². The van der Waals surface area contributed by atoms with Crippen molar-refractivity contribution in [2.75, 3.05) is 5.75 Å². The molecule has 0 amide bonds. The third-order valence-corrected chi connectivity index (χ3v) is 4.10. The van der Waals surface area contributed by atoms with E-state index in [-0.39, 0.29) is 11.9 Å². The Bertz CT molecular complexity index is 569. The first-order valence-electron chi connectivity index (χ1n) is 6.60. The molecule has 106 valence electrons. The molecule has 20 heavy (non-hydrogen) atoms. The Morgan fingerprint density at radius 2 is 1.80 bits per heavy atom. The Labute approximate surface area is 123 Å². The summed E-state index contributed by atoms with van der Waals surface area (Å²) in [6.07, 6.45) is 0. The molecular weight excluding hydrogens is 271 g/mol. The van der Waals surface area contributed by atoms with E-state index in [2.05, 4.69) is 36.6 Å². The summed E-state index contributed by atoms with van der Waals surface area (Å²) in [5.74, 6) is 6.53. The van der Waals surface area contributed by atoms with Crippen molar-refractivity contribution in [2.45, 2.75) is 24.8 Å². The molecule has 0 heterocycles. The quantitative estimate of drug-likeness (QED) is 0.500. The Morgan fingerprint density at radius 3 is 2.35 bits per heavy atom. The minimum absolute atomic E-state index is 0.130. The van der Waals surface area contributed by atoms with Gasteiger partial charge in [0.05, 0.1) is 6.04 Å². The van der Waals surface area contributed by atoms with Crippen LogP contribution in [0.5, 0.6) is 0 Å².